The Balaban J connectivity index is 1.57. The van der Waals surface area contributed by atoms with Crippen LogP contribution in [0.1, 0.15) is 12.0 Å². The van der Waals surface area contributed by atoms with Crippen molar-refractivity contribution >= 4 is 17.5 Å². The summed E-state index contributed by atoms with van der Waals surface area (Å²) in [7, 11) is 0. The van der Waals surface area contributed by atoms with Gasteiger partial charge in [-0.15, -0.1) is 0 Å². The van der Waals surface area contributed by atoms with Gasteiger partial charge in [0.25, 0.3) is 0 Å². The van der Waals surface area contributed by atoms with Crippen LogP contribution in [0.2, 0.25) is 0 Å². The molecule has 0 saturated carbocycles. The van der Waals surface area contributed by atoms with Gasteiger partial charge in [0.05, 0.1) is 0 Å². The molecular formula is C16H18N2O2. The molecule has 104 valence electrons. The summed E-state index contributed by atoms with van der Waals surface area (Å²) in [5.41, 5.74) is 2.30. The molecule has 2 aliphatic heterocycles. The summed E-state index contributed by atoms with van der Waals surface area (Å²) in [6.45, 7) is 5.59. The van der Waals surface area contributed by atoms with Crippen LogP contribution >= 0.6 is 0 Å². The number of hydrogen-bond acceptors (Lipinski definition) is 2. The number of para-hydroxylation sites is 1. The second-order valence-corrected chi connectivity index (χ2v) is 5.44. The molecule has 1 aromatic rings. The third-order valence-corrected chi connectivity index (χ3v) is 4.09. The maximum absolute atomic E-state index is 12.4. The molecule has 0 atom stereocenters. The molecule has 4 heteroatoms. The topological polar surface area (TPSA) is 40.6 Å². The Morgan fingerprint density at radius 1 is 1.30 bits per heavy atom. The molecule has 2 heterocycles. The minimum Gasteiger partial charge on any atom is -0.338 e. The van der Waals surface area contributed by atoms with Crippen LogP contribution in [0.25, 0.3) is 0 Å². The number of amides is 2. The van der Waals surface area contributed by atoms with E-state index in [0.29, 0.717) is 25.4 Å². The zero-order chi connectivity index (χ0) is 14.1. The molecule has 0 N–H and O–H groups in total. The molecule has 0 radical (unpaired) electrons. The number of carbonyl (C=O) groups excluding carboxylic acids is 2. The van der Waals surface area contributed by atoms with E-state index in [9.17, 15) is 9.59 Å². The highest BCUT2D eigenvalue weighted by Crippen LogP contribution is 2.29. The van der Waals surface area contributed by atoms with Gasteiger partial charge in [-0.2, -0.15) is 0 Å². The highest BCUT2D eigenvalue weighted by Gasteiger charge is 2.33. The van der Waals surface area contributed by atoms with Gasteiger partial charge in [0.1, 0.15) is 0 Å². The Bertz CT molecular complexity index is 561. The van der Waals surface area contributed by atoms with Gasteiger partial charge in [-0.1, -0.05) is 24.8 Å². The van der Waals surface area contributed by atoms with Crippen LogP contribution in [-0.4, -0.2) is 36.3 Å². The van der Waals surface area contributed by atoms with Crippen molar-refractivity contribution in [3.8, 4) is 0 Å². The van der Waals surface area contributed by atoms with Crippen molar-refractivity contribution in [2.24, 2.45) is 5.92 Å². The molecule has 4 nitrogen and oxygen atoms in total. The van der Waals surface area contributed by atoms with Crippen LogP contribution in [0.3, 0.4) is 0 Å². The molecule has 1 saturated heterocycles. The standard InChI is InChI=1S/C16H18N2O2/c1-2-15(19)17-10-12(11-17)9-16(20)18-8-7-13-5-3-4-6-14(13)18/h2-6,12H,1,7-11H2. The zero-order valence-corrected chi connectivity index (χ0v) is 11.4. The van der Waals surface area contributed by atoms with E-state index in [0.717, 1.165) is 18.7 Å². The van der Waals surface area contributed by atoms with E-state index in [4.69, 9.17) is 0 Å². The van der Waals surface area contributed by atoms with Crippen LogP contribution in [0.4, 0.5) is 5.69 Å². The first kappa shape index (κ1) is 12.9. The lowest BCUT2D eigenvalue weighted by molar-refractivity contribution is -0.134. The highest BCUT2D eigenvalue weighted by molar-refractivity contribution is 5.96. The number of fused-ring (bicyclic) bond motifs is 1. The fourth-order valence-electron chi connectivity index (χ4n) is 2.96. The summed E-state index contributed by atoms with van der Waals surface area (Å²) in [6, 6.07) is 8.07. The average Bonchev–Trinajstić information content (AvgIpc) is 2.85. The second-order valence-electron chi connectivity index (χ2n) is 5.44. The lowest BCUT2D eigenvalue weighted by Gasteiger charge is -2.38. The van der Waals surface area contributed by atoms with E-state index in [2.05, 4.69) is 12.6 Å². The first-order chi connectivity index (χ1) is 9.69. The summed E-state index contributed by atoms with van der Waals surface area (Å²) < 4.78 is 0. The monoisotopic (exact) mass is 270 g/mol. The number of benzene rings is 1. The summed E-state index contributed by atoms with van der Waals surface area (Å²) in [5, 5.41) is 0. The first-order valence-corrected chi connectivity index (χ1v) is 6.98. The Labute approximate surface area is 118 Å². The van der Waals surface area contributed by atoms with Crippen molar-refractivity contribution in [2.45, 2.75) is 12.8 Å². The van der Waals surface area contributed by atoms with Crippen LogP contribution in [0, 0.1) is 5.92 Å². The van der Waals surface area contributed by atoms with Crippen LogP contribution in [-0.2, 0) is 16.0 Å². The van der Waals surface area contributed by atoms with E-state index in [1.165, 1.54) is 11.6 Å². The van der Waals surface area contributed by atoms with E-state index in [1.807, 2.05) is 23.1 Å². The Morgan fingerprint density at radius 3 is 2.80 bits per heavy atom. The number of likely N-dealkylation sites (tertiary alicyclic amines) is 1. The van der Waals surface area contributed by atoms with Gasteiger partial charge in [0.2, 0.25) is 11.8 Å². The molecular weight excluding hydrogens is 252 g/mol. The van der Waals surface area contributed by atoms with Gasteiger partial charge >= 0.3 is 0 Å². The summed E-state index contributed by atoms with van der Waals surface area (Å²) in [5.74, 6) is 0.421. The van der Waals surface area contributed by atoms with E-state index in [1.54, 1.807) is 4.90 Å². The van der Waals surface area contributed by atoms with Gasteiger partial charge in [0.15, 0.2) is 0 Å². The summed E-state index contributed by atoms with van der Waals surface area (Å²) >= 11 is 0. The minimum absolute atomic E-state index is 0.0415. The Hall–Kier alpha value is -2.10. The molecule has 0 bridgehead atoms. The van der Waals surface area contributed by atoms with Crippen molar-refractivity contribution in [1.29, 1.82) is 0 Å². The molecule has 0 aliphatic carbocycles. The third kappa shape index (κ3) is 2.22. The molecule has 20 heavy (non-hydrogen) atoms. The van der Waals surface area contributed by atoms with Crippen LogP contribution in [0.5, 0.6) is 0 Å². The number of nitrogens with zero attached hydrogens (tertiary/aromatic N) is 2. The van der Waals surface area contributed by atoms with E-state index < -0.39 is 0 Å². The third-order valence-electron chi connectivity index (χ3n) is 4.09. The van der Waals surface area contributed by atoms with Gasteiger partial charge in [0, 0.05) is 37.7 Å². The SMILES string of the molecule is C=CC(=O)N1CC(CC(=O)N2CCc3ccccc32)C1. The second kappa shape index (κ2) is 5.12. The van der Waals surface area contributed by atoms with E-state index in [-0.39, 0.29) is 11.8 Å². The molecule has 1 aromatic carbocycles. The maximum atomic E-state index is 12.4. The molecule has 2 amide bonds. The molecule has 3 rings (SSSR count). The largest absolute Gasteiger partial charge is 0.338 e. The highest BCUT2D eigenvalue weighted by atomic mass is 16.2. The average molecular weight is 270 g/mol. The predicted molar refractivity (Wildman–Crippen MR) is 77.4 cm³/mol. The number of carbonyl (C=O) groups is 2. The van der Waals surface area contributed by atoms with Crippen molar-refractivity contribution in [3.63, 3.8) is 0 Å². The predicted octanol–water partition coefficient (Wildman–Crippen LogP) is 1.61. The fourth-order valence-corrected chi connectivity index (χ4v) is 2.96. The van der Waals surface area contributed by atoms with Crippen molar-refractivity contribution in [3.05, 3.63) is 42.5 Å². The molecule has 1 fully saturated rings. The quantitative estimate of drug-likeness (QED) is 0.783. The first-order valence-electron chi connectivity index (χ1n) is 6.98. The molecule has 0 aromatic heterocycles. The normalized spacial score (nSPS) is 17.6. The Kier molecular flexibility index (Phi) is 3.30. The van der Waals surface area contributed by atoms with Crippen LogP contribution < -0.4 is 4.90 Å². The van der Waals surface area contributed by atoms with Crippen molar-refractivity contribution in [1.82, 2.24) is 4.90 Å². The lowest BCUT2D eigenvalue weighted by atomic mass is 9.95. The zero-order valence-electron chi connectivity index (χ0n) is 11.4. The van der Waals surface area contributed by atoms with Gasteiger partial charge < -0.3 is 9.80 Å². The van der Waals surface area contributed by atoms with Crippen LogP contribution in [0.15, 0.2) is 36.9 Å². The lowest BCUT2D eigenvalue weighted by Crippen LogP contribution is -2.51. The smallest absolute Gasteiger partial charge is 0.245 e. The van der Waals surface area contributed by atoms with E-state index >= 15 is 0 Å². The summed E-state index contributed by atoms with van der Waals surface area (Å²) in [4.78, 5) is 27.3. The maximum Gasteiger partial charge on any atom is 0.245 e. The van der Waals surface area contributed by atoms with Crippen molar-refractivity contribution < 1.29 is 9.59 Å². The molecule has 0 spiro atoms. The van der Waals surface area contributed by atoms with Crippen molar-refractivity contribution in [2.75, 3.05) is 24.5 Å². The number of hydrogen-bond donors (Lipinski definition) is 0. The molecule has 0 unspecified atom stereocenters. The summed E-state index contributed by atoms with van der Waals surface area (Å²) in [6.07, 6.45) is 2.79. The van der Waals surface area contributed by atoms with Gasteiger partial charge in [-0.25, -0.2) is 0 Å². The number of rotatable bonds is 3. The van der Waals surface area contributed by atoms with Gasteiger partial charge in [-0.3, -0.25) is 9.59 Å². The minimum atomic E-state index is -0.0415. The number of anilines is 1. The Morgan fingerprint density at radius 2 is 2.05 bits per heavy atom. The molecule has 2 aliphatic rings. The van der Waals surface area contributed by atoms with Gasteiger partial charge in [-0.05, 0) is 24.1 Å². The fraction of sp³-hybridized carbons (Fsp3) is 0.375.